The number of halogens is 1. The zero-order valence-corrected chi connectivity index (χ0v) is 18.0. The van der Waals surface area contributed by atoms with E-state index < -0.39 is 6.03 Å². The highest BCUT2D eigenvalue weighted by Crippen LogP contribution is 2.28. The van der Waals surface area contributed by atoms with Crippen molar-refractivity contribution in [3.63, 3.8) is 0 Å². The topological polar surface area (TPSA) is 82.7 Å². The highest BCUT2D eigenvalue weighted by molar-refractivity contribution is 6.31. The molecule has 0 atom stereocenters. The van der Waals surface area contributed by atoms with Crippen LogP contribution in [0.1, 0.15) is 28.8 Å². The summed E-state index contributed by atoms with van der Waals surface area (Å²) in [7, 11) is 1.59. The summed E-state index contributed by atoms with van der Waals surface area (Å²) in [6, 6.07) is 10.3. The molecule has 1 heterocycles. The van der Waals surface area contributed by atoms with Crippen LogP contribution in [0.25, 0.3) is 0 Å². The van der Waals surface area contributed by atoms with Crippen molar-refractivity contribution in [3.05, 3.63) is 52.5 Å². The average molecular weight is 431 g/mol. The van der Waals surface area contributed by atoms with Crippen LogP contribution >= 0.6 is 11.6 Å². The molecule has 0 spiro atoms. The minimum absolute atomic E-state index is 0.191. The molecule has 160 valence electrons. The maximum absolute atomic E-state index is 12.8. The molecule has 3 rings (SSSR count). The molecule has 3 N–H and O–H groups in total. The van der Waals surface area contributed by atoms with E-state index in [1.807, 2.05) is 19.1 Å². The van der Waals surface area contributed by atoms with Gasteiger partial charge in [0.2, 0.25) is 0 Å². The number of urea groups is 1. The predicted octanol–water partition coefficient (Wildman–Crippen LogP) is 4.27. The second-order valence-corrected chi connectivity index (χ2v) is 7.63. The van der Waals surface area contributed by atoms with E-state index in [1.54, 1.807) is 31.4 Å². The van der Waals surface area contributed by atoms with Crippen LogP contribution in [0, 0.1) is 6.92 Å². The molecule has 1 aliphatic rings. The van der Waals surface area contributed by atoms with Gasteiger partial charge in [0.05, 0.1) is 12.2 Å². The van der Waals surface area contributed by atoms with Crippen LogP contribution in [0.4, 0.5) is 21.9 Å². The molecule has 2 aromatic carbocycles. The molecule has 1 saturated heterocycles. The summed E-state index contributed by atoms with van der Waals surface area (Å²) >= 11 is 6.12. The molecule has 8 heteroatoms. The lowest BCUT2D eigenvalue weighted by Gasteiger charge is -2.22. The van der Waals surface area contributed by atoms with Gasteiger partial charge in [0, 0.05) is 48.8 Å². The summed E-state index contributed by atoms with van der Waals surface area (Å²) < 4.78 is 5.01. The zero-order chi connectivity index (χ0) is 21.5. The molecule has 0 aromatic heterocycles. The molecule has 1 aliphatic heterocycles. The van der Waals surface area contributed by atoms with Crippen LogP contribution in [0.5, 0.6) is 0 Å². The van der Waals surface area contributed by atoms with E-state index in [0.29, 0.717) is 35.1 Å². The first-order valence-corrected chi connectivity index (χ1v) is 10.4. The van der Waals surface area contributed by atoms with E-state index in [1.165, 1.54) is 0 Å². The largest absolute Gasteiger partial charge is 0.383 e. The van der Waals surface area contributed by atoms with Crippen LogP contribution in [-0.4, -0.2) is 45.3 Å². The summed E-state index contributed by atoms with van der Waals surface area (Å²) in [6.07, 6.45) is 2.21. The number of nitrogens with one attached hydrogen (secondary N) is 3. The van der Waals surface area contributed by atoms with Gasteiger partial charge in [-0.1, -0.05) is 17.7 Å². The number of methoxy groups -OCH3 is 1. The van der Waals surface area contributed by atoms with Gasteiger partial charge >= 0.3 is 6.03 Å². The van der Waals surface area contributed by atoms with Crippen molar-refractivity contribution in [3.8, 4) is 0 Å². The Morgan fingerprint density at radius 1 is 1.07 bits per heavy atom. The van der Waals surface area contributed by atoms with E-state index in [0.717, 1.165) is 37.2 Å². The van der Waals surface area contributed by atoms with Gasteiger partial charge in [0.15, 0.2) is 0 Å². The fraction of sp³-hybridized carbons (Fsp3) is 0.364. The van der Waals surface area contributed by atoms with E-state index >= 15 is 0 Å². The number of hydrogen-bond acceptors (Lipinski definition) is 4. The highest BCUT2D eigenvalue weighted by atomic mass is 35.5. The first kappa shape index (κ1) is 21.9. The SMILES string of the molecule is COCCNC(=O)c1cc(NC(=O)Nc2ccc(C)c(Cl)c2)ccc1N1CCCC1. The van der Waals surface area contributed by atoms with Crippen LogP contribution in [-0.2, 0) is 4.74 Å². The molecule has 0 radical (unpaired) electrons. The Balaban J connectivity index is 1.75. The molecule has 0 unspecified atom stereocenters. The lowest BCUT2D eigenvalue weighted by Crippen LogP contribution is -2.30. The monoisotopic (exact) mass is 430 g/mol. The third kappa shape index (κ3) is 5.64. The van der Waals surface area contributed by atoms with Gasteiger partial charge in [0.1, 0.15) is 0 Å². The normalized spacial score (nSPS) is 13.2. The fourth-order valence-corrected chi connectivity index (χ4v) is 3.54. The number of ether oxygens (including phenoxy) is 1. The van der Waals surface area contributed by atoms with E-state index in [9.17, 15) is 9.59 Å². The molecule has 0 aliphatic carbocycles. The molecule has 1 fully saturated rings. The molecule has 3 amide bonds. The minimum atomic E-state index is -0.408. The van der Waals surface area contributed by atoms with Crippen molar-refractivity contribution in [2.45, 2.75) is 19.8 Å². The average Bonchev–Trinajstić information content (AvgIpc) is 3.25. The van der Waals surface area contributed by atoms with Crippen molar-refractivity contribution in [2.75, 3.05) is 48.9 Å². The molecule has 2 aromatic rings. The van der Waals surface area contributed by atoms with E-state index in [-0.39, 0.29) is 5.91 Å². The fourth-order valence-electron chi connectivity index (χ4n) is 3.36. The van der Waals surface area contributed by atoms with Crippen molar-refractivity contribution in [1.29, 1.82) is 0 Å². The van der Waals surface area contributed by atoms with Crippen molar-refractivity contribution < 1.29 is 14.3 Å². The van der Waals surface area contributed by atoms with Gasteiger partial charge in [-0.3, -0.25) is 4.79 Å². The van der Waals surface area contributed by atoms with Crippen molar-refractivity contribution in [2.24, 2.45) is 0 Å². The third-order valence-corrected chi connectivity index (χ3v) is 5.37. The Morgan fingerprint density at radius 2 is 1.73 bits per heavy atom. The van der Waals surface area contributed by atoms with Crippen molar-refractivity contribution in [1.82, 2.24) is 5.32 Å². The lowest BCUT2D eigenvalue weighted by atomic mass is 10.1. The summed E-state index contributed by atoms with van der Waals surface area (Å²) in [5, 5.41) is 8.99. The molecule has 30 heavy (non-hydrogen) atoms. The number of aryl methyl sites for hydroxylation is 1. The van der Waals surface area contributed by atoms with Crippen LogP contribution in [0.15, 0.2) is 36.4 Å². The summed E-state index contributed by atoms with van der Waals surface area (Å²) in [5.74, 6) is -0.191. The molecule has 0 saturated carbocycles. The maximum Gasteiger partial charge on any atom is 0.323 e. The molecular weight excluding hydrogens is 404 g/mol. The Kier molecular flexibility index (Phi) is 7.54. The Bertz CT molecular complexity index is 913. The maximum atomic E-state index is 12.8. The summed E-state index contributed by atoms with van der Waals surface area (Å²) in [4.78, 5) is 27.4. The Morgan fingerprint density at radius 3 is 2.40 bits per heavy atom. The number of amides is 3. The zero-order valence-electron chi connectivity index (χ0n) is 17.3. The third-order valence-electron chi connectivity index (χ3n) is 4.97. The number of nitrogens with zero attached hydrogens (tertiary/aromatic N) is 1. The Hall–Kier alpha value is -2.77. The number of carbonyl (C=O) groups is 2. The number of anilines is 3. The number of hydrogen-bond donors (Lipinski definition) is 3. The Labute approximate surface area is 181 Å². The number of benzene rings is 2. The van der Waals surface area contributed by atoms with Crippen LogP contribution in [0.3, 0.4) is 0 Å². The van der Waals surface area contributed by atoms with Gasteiger partial charge < -0.3 is 25.6 Å². The van der Waals surface area contributed by atoms with E-state index in [2.05, 4.69) is 20.9 Å². The van der Waals surface area contributed by atoms with Gasteiger partial charge in [-0.15, -0.1) is 0 Å². The molecular formula is C22H27ClN4O3. The van der Waals surface area contributed by atoms with Gasteiger partial charge in [-0.25, -0.2) is 4.79 Å². The van der Waals surface area contributed by atoms with Crippen LogP contribution < -0.4 is 20.9 Å². The second-order valence-electron chi connectivity index (χ2n) is 7.22. The smallest absolute Gasteiger partial charge is 0.323 e. The minimum Gasteiger partial charge on any atom is -0.383 e. The van der Waals surface area contributed by atoms with E-state index in [4.69, 9.17) is 16.3 Å². The standard InChI is InChI=1S/C22H27ClN4O3/c1-15-5-6-17(14-19(15)23)26-22(29)25-16-7-8-20(27-10-3-4-11-27)18(13-16)21(28)24-9-12-30-2/h5-8,13-14H,3-4,9-12H2,1-2H3,(H,24,28)(H2,25,26,29). The second kappa shape index (κ2) is 10.3. The first-order valence-electron chi connectivity index (χ1n) is 9.98. The van der Waals surface area contributed by atoms with Gasteiger partial charge in [-0.05, 0) is 55.7 Å². The predicted molar refractivity (Wildman–Crippen MR) is 121 cm³/mol. The molecule has 0 bridgehead atoms. The van der Waals surface area contributed by atoms with Crippen LogP contribution in [0.2, 0.25) is 5.02 Å². The first-order chi connectivity index (χ1) is 14.5. The molecule has 7 nitrogen and oxygen atoms in total. The highest BCUT2D eigenvalue weighted by Gasteiger charge is 2.20. The number of rotatable bonds is 7. The quantitative estimate of drug-likeness (QED) is 0.573. The summed E-state index contributed by atoms with van der Waals surface area (Å²) in [6.45, 7) is 4.58. The number of carbonyl (C=O) groups excluding carboxylic acids is 2. The van der Waals surface area contributed by atoms with Gasteiger partial charge in [-0.2, -0.15) is 0 Å². The van der Waals surface area contributed by atoms with Gasteiger partial charge in [0.25, 0.3) is 5.91 Å². The lowest BCUT2D eigenvalue weighted by molar-refractivity contribution is 0.0937. The van der Waals surface area contributed by atoms with Crippen molar-refractivity contribution >= 4 is 40.6 Å². The summed E-state index contributed by atoms with van der Waals surface area (Å²) in [5.41, 5.74) is 3.46.